The van der Waals surface area contributed by atoms with Gasteiger partial charge in [0, 0.05) is 44.1 Å². The Morgan fingerprint density at radius 2 is 1.33 bits per heavy atom. The number of aromatic nitrogens is 3. The molecule has 2 aliphatic rings. The van der Waals surface area contributed by atoms with Crippen LogP contribution in [0.3, 0.4) is 0 Å². The van der Waals surface area contributed by atoms with Gasteiger partial charge in [0.1, 0.15) is 0 Å². The standard InChI is InChI=1S/C45H33N3/c1-3-11-30(12-4-1)40-24-20-31-19-23-35(29-41(31)46-40)48-43-18-10-8-16-37(43)39-28-33(22-26-45(39)48)32-21-25-44-38(27-32)36-15-7-9-17-42(36)47(44)34-13-5-2-6-14-34/h1-6,8-14,16-22,24-29,35H,7,15,23H2. The van der Waals surface area contributed by atoms with E-state index in [2.05, 4.69) is 167 Å². The summed E-state index contributed by atoms with van der Waals surface area (Å²) >= 11 is 0. The van der Waals surface area contributed by atoms with E-state index >= 15 is 0 Å². The molecule has 0 fully saturated rings. The summed E-state index contributed by atoms with van der Waals surface area (Å²) in [6.07, 6.45) is 12.4. The third-order valence-corrected chi connectivity index (χ3v) is 10.3. The SMILES string of the molecule is C1=Cc2c(c3cc(-c4ccc5c(c4)c4ccccc4n5C4C=c5nc(-c6ccccc6)ccc5=CC4)ccc3n2-c2ccccc2)CC1. The minimum atomic E-state index is 0.179. The van der Waals surface area contributed by atoms with E-state index in [0.29, 0.717) is 0 Å². The molecule has 0 radical (unpaired) electrons. The number of hydrogen-bond acceptors (Lipinski definition) is 1. The van der Waals surface area contributed by atoms with Gasteiger partial charge in [-0.3, -0.25) is 0 Å². The molecular formula is C45H33N3. The zero-order chi connectivity index (χ0) is 31.6. The molecule has 0 saturated carbocycles. The summed E-state index contributed by atoms with van der Waals surface area (Å²) in [5.41, 5.74) is 12.4. The summed E-state index contributed by atoms with van der Waals surface area (Å²) in [7, 11) is 0. The van der Waals surface area contributed by atoms with Crippen molar-refractivity contribution in [1.29, 1.82) is 0 Å². The Hall–Kier alpha value is -5.93. The summed E-state index contributed by atoms with van der Waals surface area (Å²) in [5, 5.41) is 6.21. The number of para-hydroxylation sites is 2. The van der Waals surface area contributed by atoms with Crippen molar-refractivity contribution in [2.45, 2.75) is 25.3 Å². The number of aryl methyl sites for hydroxylation is 1. The molecule has 1 atom stereocenters. The Morgan fingerprint density at radius 1 is 0.604 bits per heavy atom. The quantitative estimate of drug-likeness (QED) is 0.193. The second-order valence-electron chi connectivity index (χ2n) is 13.0. The monoisotopic (exact) mass is 615 g/mol. The van der Waals surface area contributed by atoms with Crippen molar-refractivity contribution in [3.63, 3.8) is 0 Å². The lowest BCUT2D eigenvalue weighted by atomic mass is 9.97. The van der Waals surface area contributed by atoms with Gasteiger partial charge >= 0.3 is 0 Å². The fraction of sp³-hybridized carbons (Fsp3) is 0.0889. The van der Waals surface area contributed by atoms with E-state index in [1.807, 2.05) is 0 Å². The number of hydrogen-bond donors (Lipinski definition) is 0. The van der Waals surface area contributed by atoms with Crippen LogP contribution in [0, 0.1) is 0 Å². The predicted molar refractivity (Wildman–Crippen MR) is 201 cm³/mol. The van der Waals surface area contributed by atoms with E-state index in [1.54, 1.807) is 0 Å². The molecule has 3 heteroatoms. The number of fused-ring (bicyclic) bond motifs is 7. The molecule has 1 unspecified atom stereocenters. The van der Waals surface area contributed by atoms with Gasteiger partial charge in [0.05, 0.1) is 22.6 Å². The van der Waals surface area contributed by atoms with Crippen LogP contribution < -0.4 is 10.6 Å². The van der Waals surface area contributed by atoms with Gasteiger partial charge in [0.25, 0.3) is 0 Å². The van der Waals surface area contributed by atoms with Crippen LogP contribution in [-0.2, 0) is 6.42 Å². The lowest BCUT2D eigenvalue weighted by Gasteiger charge is -2.19. The number of allylic oxidation sites excluding steroid dienone is 1. The van der Waals surface area contributed by atoms with Crippen LogP contribution in [0.15, 0.2) is 140 Å². The highest BCUT2D eigenvalue weighted by atomic mass is 15.0. The highest BCUT2D eigenvalue weighted by Crippen LogP contribution is 2.39. The first-order valence-corrected chi connectivity index (χ1v) is 17.0. The predicted octanol–water partition coefficient (Wildman–Crippen LogP) is 9.63. The Labute approximate surface area is 279 Å². The van der Waals surface area contributed by atoms with Gasteiger partial charge in [-0.05, 0) is 102 Å². The van der Waals surface area contributed by atoms with Crippen molar-refractivity contribution in [3.05, 3.63) is 161 Å². The van der Waals surface area contributed by atoms with Gasteiger partial charge in [-0.25, -0.2) is 4.98 Å². The topological polar surface area (TPSA) is 22.8 Å². The van der Waals surface area contributed by atoms with Gasteiger partial charge in [0.15, 0.2) is 0 Å². The average Bonchev–Trinajstić information content (AvgIpc) is 3.67. The van der Waals surface area contributed by atoms with Crippen LogP contribution in [0.1, 0.15) is 30.1 Å². The third-order valence-electron chi connectivity index (χ3n) is 10.3. The van der Waals surface area contributed by atoms with Crippen LogP contribution in [0.2, 0.25) is 0 Å². The van der Waals surface area contributed by atoms with Crippen LogP contribution in [-0.4, -0.2) is 14.1 Å². The van der Waals surface area contributed by atoms with Crippen LogP contribution in [0.5, 0.6) is 0 Å². The minimum Gasteiger partial charge on any atom is -0.333 e. The van der Waals surface area contributed by atoms with Crippen LogP contribution in [0.25, 0.3) is 79.0 Å². The van der Waals surface area contributed by atoms with E-state index in [0.717, 1.165) is 35.9 Å². The zero-order valence-corrected chi connectivity index (χ0v) is 26.6. The maximum atomic E-state index is 5.13. The van der Waals surface area contributed by atoms with E-state index in [-0.39, 0.29) is 6.04 Å². The largest absolute Gasteiger partial charge is 0.333 e. The van der Waals surface area contributed by atoms with Crippen LogP contribution in [0.4, 0.5) is 0 Å². The number of pyridine rings is 1. The molecule has 5 aromatic carbocycles. The highest BCUT2D eigenvalue weighted by Gasteiger charge is 2.21. The molecule has 2 aliphatic carbocycles. The van der Waals surface area contributed by atoms with Gasteiger partial charge in [-0.2, -0.15) is 0 Å². The van der Waals surface area contributed by atoms with Crippen molar-refractivity contribution < 1.29 is 0 Å². The normalized spacial score (nSPS) is 15.3. The molecular weight excluding hydrogens is 583 g/mol. The maximum Gasteiger partial charge on any atom is 0.0709 e. The van der Waals surface area contributed by atoms with E-state index < -0.39 is 0 Å². The molecule has 0 spiro atoms. The van der Waals surface area contributed by atoms with Gasteiger partial charge in [-0.1, -0.05) is 97.1 Å². The molecule has 0 N–H and O–H groups in total. The summed E-state index contributed by atoms with van der Waals surface area (Å²) in [5.74, 6) is 0. The second kappa shape index (κ2) is 10.8. The summed E-state index contributed by atoms with van der Waals surface area (Å²) in [6.45, 7) is 0. The number of nitrogens with zero attached hydrogens (tertiary/aromatic N) is 3. The molecule has 10 rings (SSSR count). The fourth-order valence-electron chi connectivity index (χ4n) is 8.05. The van der Waals surface area contributed by atoms with Crippen molar-refractivity contribution in [1.82, 2.24) is 14.1 Å². The molecule has 0 saturated heterocycles. The summed E-state index contributed by atoms with van der Waals surface area (Å²) < 4.78 is 4.95. The van der Waals surface area contributed by atoms with Gasteiger partial charge < -0.3 is 9.13 Å². The first-order chi connectivity index (χ1) is 23.8. The van der Waals surface area contributed by atoms with Crippen molar-refractivity contribution >= 4 is 50.9 Å². The number of rotatable bonds is 4. The molecule has 48 heavy (non-hydrogen) atoms. The Morgan fingerprint density at radius 3 is 2.19 bits per heavy atom. The zero-order valence-electron chi connectivity index (χ0n) is 26.6. The maximum absolute atomic E-state index is 5.13. The molecule has 0 amide bonds. The average molecular weight is 616 g/mol. The molecule has 3 heterocycles. The van der Waals surface area contributed by atoms with E-state index in [4.69, 9.17) is 4.98 Å². The molecule has 228 valence electrons. The second-order valence-corrected chi connectivity index (χ2v) is 13.0. The summed E-state index contributed by atoms with van der Waals surface area (Å²) in [6, 6.07) is 48.7. The van der Waals surface area contributed by atoms with Gasteiger partial charge in [0.2, 0.25) is 0 Å². The lowest BCUT2D eigenvalue weighted by Crippen LogP contribution is -2.32. The van der Waals surface area contributed by atoms with E-state index in [1.165, 1.54) is 66.0 Å². The van der Waals surface area contributed by atoms with Crippen molar-refractivity contribution in [3.8, 4) is 28.1 Å². The first kappa shape index (κ1) is 27.2. The smallest absolute Gasteiger partial charge is 0.0709 e. The molecule has 8 aromatic rings. The molecule has 3 aromatic heterocycles. The van der Waals surface area contributed by atoms with Crippen molar-refractivity contribution in [2.24, 2.45) is 0 Å². The Bertz CT molecular complexity index is 2690. The van der Waals surface area contributed by atoms with Crippen LogP contribution >= 0.6 is 0 Å². The van der Waals surface area contributed by atoms with Crippen molar-refractivity contribution in [2.75, 3.05) is 0 Å². The first-order valence-electron chi connectivity index (χ1n) is 17.0. The molecule has 0 bridgehead atoms. The van der Waals surface area contributed by atoms with Gasteiger partial charge in [-0.15, -0.1) is 0 Å². The Kier molecular flexibility index (Phi) is 6.13. The lowest BCUT2D eigenvalue weighted by molar-refractivity contribution is 0.692. The summed E-state index contributed by atoms with van der Waals surface area (Å²) in [4.78, 5) is 5.13. The molecule has 3 nitrogen and oxygen atoms in total. The van der Waals surface area contributed by atoms with E-state index in [9.17, 15) is 0 Å². The third kappa shape index (κ3) is 4.24. The Balaban J connectivity index is 1.11. The highest BCUT2D eigenvalue weighted by molar-refractivity contribution is 6.10. The number of benzene rings is 5. The fourth-order valence-corrected chi connectivity index (χ4v) is 8.05. The minimum absolute atomic E-state index is 0.179. The molecule has 0 aliphatic heterocycles.